The highest BCUT2D eigenvalue weighted by molar-refractivity contribution is 7.90. The van der Waals surface area contributed by atoms with Crippen molar-refractivity contribution in [3.8, 4) is 0 Å². The van der Waals surface area contributed by atoms with Crippen LogP contribution in [0.5, 0.6) is 0 Å². The van der Waals surface area contributed by atoms with E-state index in [4.69, 9.17) is 5.11 Å². The largest absolute Gasteiger partial charge is 0.481 e. The maximum atomic E-state index is 12.2. The minimum Gasteiger partial charge on any atom is -0.481 e. The van der Waals surface area contributed by atoms with Gasteiger partial charge in [-0.2, -0.15) is 0 Å². The van der Waals surface area contributed by atoms with Crippen LogP contribution in [0.4, 0.5) is 0 Å². The van der Waals surface area contributed by atoms with Crippen molar-refractivity contribution >= 4 is 21.9 Å². The Morgan fingerprint density at radius 1 is 1.13 bits per heavy atom. The van der Waals surface area contributed by atoms with Gasteiger partial charge < -0.3 is 5.11 Å². The fourth-order valence-electron chi connectivity index (χ4n) is 1.99. The fourth-order valence-corrected chi connectivity index (χ4v) is 3.13. The van der Waals surface area contributed by atoms with Crippen LogP contribution in [0.1, 0.15) is 45.1 Å². The average Bonchev–Trinajstić information content (AvgIpc) is 2.43. The Labute approximate surface area is 137 Å². The lowest BCUT2D eigenvalue weighted by Crippen LogP contribution is -2.40. The van der Waals surface area contributed by atoms with Crippen LogP contribution in [0.2, 0.25) is 0 Å². The molecule has 0 saturated carbocycles. The maximum Gasteiger partial charge on any atom is 0.303 e. The third kappa shape index (κ3) is 6.02. The molecule has 1 aromatic rings. The molecule has 1 aromatic carbocycles. The van der Waals surface area contributed by atoms with Gasteiger partial charge >= 0.3 is 5.97 Å². The van der Waals surface area contributed by atoms with E-state index in [0.717, 1.165) is 5.56 Å². The Hall–Kier alpha value is -1.89. The van der Waals surface area contributed by atoms with E-state index in [2.05, 4.69) is 4.72 Å². The number of carbonyl (C=O) groups excluding carboxylic acids is 1. The number of rotatable bonds is 8. The van der Waals surface area contributed by atoms with Gasteiger partial charge in [-0.25, -0.2) is 13.1 Å². The molecule has 128 valence electrons. The van der Waals surface area contributed by atoms with E-state index in [0.29, 0.717) is 19.3 Å². The number of unbranched alkanes of at least 4 members (excludes halogenated alkanes) is 1. The Bertz CT molecular complexity index is 662. The summed E-state index contributed by atoms with van der Waals surface area (Å²) < 4.78 is 26.5. The van der Waals surface area contributed by atoms with Gasteiger partial charge in [0, 0.05) is 11.8 Å². The number of aryl methyl sites for hydroxylation is 1. The number of carboxylic acids is 1. The van der Waals surface area contributed by atoms with Crippen LogP contribution in [0.3, 0.4) is 0 Å². The SMILES string of the molecule is Cc1ccc(S(=O)(=O)NC(=O)C(C)(C)CCCCC(=O)O)cc1. The zero-order chi connectivity index (χ0) is 17.7. The van der Waals surface area contributed by atoms with Crippen molar-refractivity contribution in [1.29, 1.82) is 0 Å². The molecule has 23 heavy (non-hydrogen) atoms. The van der Waals surface area contributed by atoms with Gasteiger partial charge in [0.1, 0.15) is 0 Å². The van der Waals surface area contributed by atoms with Gasteiger partial charge in [-0.15, -0.1) is 0 Å². The van der Waals surface area contributed by atoms with Crippen molar-refractivity contribution in [3.63, 3.8) is 0 Å². The summed E-state index contributed by atoms with van der Waals surface area (Å²) in [5.41, 5.74) is 0.0324. The van der Waals surface area contributed by atoms with E-state index in [9.17, 15) is 18.0 Å². The highest BCUT2D eigenvalue weighted by Crippen LogP contribution is 2.25. The number of hydrogen-bond acceptors (Lipinski definition) is 4. The first-order chi connectivity index (χ1) is 10.5. The lowest BCUT2D eigenvalue weighted by Gasteiger charge is -2.23. The number of hydrogen-bond donors (Lipinski definition) is 2. The summed E-state index contributed by atoms with van der Waals surface area (Å²) in [5, 5.41) is 8.59. The molecule has 0 aliphatic carbocycles. The standard InChI is InChI=1S/C16H23NO5S/c1-12-7-9-13(10-8-12)23(21,22)17-15(20)16(2,3)11-5-4-6-14(18)19/h7-10H,4-6,11H2,1-3H3,(H,17,20)(H,18,19). The number of aliphatic carboxylic acids is 1. The van der Waals surface area contributed by atoms with Gasteiger partial charge in [-0.05, 0) is 31.9 Å². The third-order valence-corrected chi connectivity index (χ3v) is 4.96. The topological polar surface area (TPSA) is 101 Å². The summed E-state index contributed by atoms with van der Waals surface area (Å²) in [4.78, 5) is 22.7. The molecular formula is C16H23NO5S. The van der Waals surface area contributed by atoms with Crippen molar-refractivity contribution in [2.75, 3.05) is 0 Å². The summed E-state index contributed by atoms with van der Waals surface area (Å²) in [5.74, 6) is -1.47. The normalized spacial score (nSPS) is 12.0. The van der Waals surface area contributed by atoms with Gasteiger partial charge in [-0.3, -0.25) is 9.59 Å². The molecule has 6 nitrogen and oxygen atoms in total. The minimum atomic E-state index is -3.90. The molecule has 7 heteroatoms. The van der Waals surface area contributed by atoms with Crippen molar-refractivity contribution in [2.45, 2.75) is 51.3 Å². The van der Waals surface area contributed by atoms with Crippen LogP contribution in [0.15, 0.2) is 29.2 Å². The number of benzene rings is 1. The molecule has 2 N–H and O–H groups in total. The van der Waals surface area contributed by atoms with Gasteiger partial charge in [0.05, 0.1) is 4.90 Å². The number of sulfonamides is 1. The highest BCUT2D eigenvalue weighted by atomic mass is 32.2. The predicted molar refractivity (Wildman–Crippen MR) is 86.4 cm³/mol. The third-order valence-electron chi connectivity index (χ3n) is 3.62. The first-order valence-corrected chi connectivity index (χ1v) is 8.89. The molecule has 0 aliphatic rings. The van der Waals surface area contributed by atoms with Crippen LogP contribution in [-0.4, -0.2) is 25.4 Å². The lowest BCUT2D eigenvalue weighted by molar-refractivity contribution is -0.137. The number of carbonyl (C=O) groups is 2. The first-order valence-electron chi connectivity index (χ1n) is 7.40. The first kappa shape index (κ1) is 19.2. The van der Waals surface area contributed by atoms with E-state index >= 15 is 0 Å². The fraction of sp³-hybridized carbons (Fsp3) is 0.500. The summed E-state index contributed by atoms with van der Waals surface area (Å²) >= 11 is 0. The van der Waals surface area contributed by atoms with E-state index < -0.39 is 27.3 Å². The Kier molecular flexibility index (Phi) is 6.32. The molecule has 1 rings (SSSR count). The Morgan fingerprint density at radius 3 is 2.22 bits per heavy atom. The molecule has 0 aliphatic heterocycles. The van der Waals surface area contributed by atoms with E-state index in [1.165, 1.54) is 12.1 Å². The maximum absolute atomic E-state index is 12.2. The zero-order valence-corrected chi connectivity index (χ0v) is 14.4. The van der Waals surface area contributed by atoms with Crippen molar-refractivity contribution in [2.24, 2.45) is 5.41 Å². The van der Waals surface area contributed by atoms with E-state index in [-0.39, 0.29) is 11.3 Å². The molecule has 0 heterocycles. The van der Waals surface area contributed by atoms with Crippen molar-refractivity contribution in [1.82, 2.24) is 4.72 Å². The second-order valence-electron chi connectivity index (χ2n) is 6.23. The average molecular weight is 341 g/mol. The van der Waals surface area contributed by atoms with Gasteiger partial charge in [0.25, 0.3) is 10.0 Å². The van der Waals surface area contributed by atoms with Gasteiger partial charge in [0.2, 0.25) is 5.91 Å². The second-order valence-corrected chi connectivity index (χ2v) is 7.91. The molecule has 0 fully saturated rings. The number of nitrogens with one attached hydrogen (secondary N) is 1. The number of amides is 1. The zero-order valence-electron chi connectivity index (χ0n) is 13.6. The lowest BCUT2D eigenvalue weighted by atomic mass is 9.86. The molecule has 0 radical (unpaired) electrons. The van der Waals surface area contributed by atoms with Crippen LogP contribution >= 0.6 is 0 Å². The van der Waals surface area contributed by atoms with E-state index in [1.807, 2.05) is 6.92 Å². The molecule has 1 amide bonds. The molecule has 0 spiro atoms. The van der Waals surface area contributed by atoms with Crippen molar-refractivity contribution in [3.05, 3.63) is 29.8 Å². The van der Waals surface area contributed by atoms with Crippen LogP contribution < -0.4 is 4.72 Å². The summed E-state index contributed by atoms with van der Waals surface area (Å²) in [7, 11) is -3.90. The molecule has 0 atom stereocenters. The predicted octanol–water partition coefficient (Wildman–Crippen LogP) is 2.47. The highest BCUT2D eigenvalue weighted by Gasteiger charge is 2.30. The minimum absolute atomic E-state index is 0.0399. The van der Waals surface area contributed by atoms with E-state index in [1.54, 1.807) is 26.0 Å². The number of carboxylic acid groups (broad SMARTS) is 1. The molecular weight excluding hydrogens is 318 g/mol. The smallest absolute Gasteiger partial charge is 0.303 e. The van der Waals surface area contributed by atoms with Gasteiger partial charge in [0.15, 0.2) is 0 Å². The Morgan fingerprint density at radius 2 is 1.70 bits per heavy atom. The molecule has 0 saturated heterocycles. The molecule has 0 bridgehead atoms. The summed E-state index contributed by atoms with van der Waals surface area (Å²) in [6, 6.07) is 6.22. The summed E-state index contributed by atoms with van der Waals surface area (Å²) in [6.07, 6.45) is 1.45. The van der Waals surface area contributed by atoms with Crippen LogP contribution in [-0.2, 0) is 19.6 Å². The quantitative estimate of drug-likeness (QED) is 0.707. The van der Waals surface area contributed by atoms with Crippen molar-refractivity contribution < 1.29 is 23.1 Å². The molecule has 0 aromatic heterocycles. The van der Waals surface area contributed by atoms with Crippen LogP contribution in [0.25, 0.3) is 0 Å². The molecule has 0 unspecified atom stereocenters. The van der Waals surface area contributed by atoms with Crippen LogP contribution in [0, 0.1) is 12.3 Å². The monoisotopic (exact) mass is 341 g/mol. The second kappa shape index (κ2) is 7.59. The Balaban J connectivity index is 2.68. The van der Waals surface area contributed by atoms with Gasteiger partial charge in [-0.1, -0.05) is 38.0 Å². The summed E-state index contributed by atoms with van der Waals surface area (Å²) in [6.45, 7) is 5.14.